The smallest absolute Gasteiger partial charge is 0.0572 e. The Hall–Kier alpha value is -5.23. The molecule has 7 aromatic rings. The monoisotopic (exact) mass is 520 g/mol. The molecule has 0 bridgehead atoms. The number of benzene rings is 2. The van der Waals surface area contributed by atoms with E-state index in [1.807, 2.05) is 43.3 Å². The summed E-state index contributed by atoms with van der Waals surface area (Å²) in [4.78, 5) is 13.1. The third-order valence-electron chi connectivity index (χ3n) is 7.92. The lowest BCUT2D eigenvalue weighted by Gasteiger charge is -2.16. The van der Waals surface area contributed by atoms with E-state index >= 15 is 0 Å². The summed E-state index contributed by atoms with van der Waals surface area (Å²) in [6.45, 7) is 6.48. The van der Waals surface area contributed by atoms with Crippen LogP contribution in [0.1, 0.15) is 22.4 Å². The van der Waals surface area contributed by atoms with Gasteiger partial charge in [-0.25, -0.2) is 0 Å². The summed E-state index contributed by atoms with van der Waals surface area (Å²) < 4.78 is 4.55. The normalized spacial score (nSPS) is 11.9. The number of hydrogen-bond acceptors (Lipinski definition) is 4. The predicted molar refractivity (Wildman–Crippen MR) is 164 cm³/mol. The van der Waals surface area contributed by atoms with Crippen LogP contribution in [0.25, 0.3) is 61.3 Å². The fraction of sp³-hybridized carbons (Fsp3) is 0.0882. The first-order valence-corrected chi connectivity index (χ1v) is 13.3. The maximum Gasteiger partial charge on any atom is 0.0572 e. The van der Waals surface area contributed by atoms with Crippen molar-refractivity contribution in [3.63, 3.8) is 0 Å². The zero-order valence-electron chi connectivity index (χ0n) is 22.6. The molecule has 0 atom stereocenters. The van der Waals surface area contributed by atoms with Crippen LogP contribution in [0, 0.1) is 20.8 Å². The van der Waals surface area contributed by atoms with Gasteiger partial charge in [-0.1, -0.05) is 12.1 Å². The van der Waals surface area contributed by atoms with E-state index in [-0.39, 0.29) is 0 Å². The molecule has 6 nitrogen and oxygen atoms in total. The highest BCUT2D eigenvalue weighted by atomic mass is 15.0. The number of aromatic nitrogens is 5. The van der Waals surface area contributed by atoms with Gasteiger partial charge in [-0.2, -0.15) is 0 Å². The Kier molecular flexibility index (Phi) is 5.49. The van der Waals surface area contributed by atoms with Gasteiger partial charge in [0.25, 0.3) is 0 Å². The molecule has 0 fully saturated rings. The highest BCUT2D eigenvalue weighted by Gasteiger charge is 2.17. The first-order chi connectivity index (χ1) is 19.6. The molecule has 0 aliphatic carbocycles. The summed E-state index contributed by atoms with van der Waals surface area (Å²) in [7, 11) is 0. The van der Waals surface area contributed by atoms with Crippen molar-refractivity contribution in [2.75, 3.05) is 0 Å². The van der Waals surface area contributed by atoms with Crippen molar-refractivity contribution in [3.8, 4) is 22.5 Å². The number of rotatable bonds is 4. The fourth-order valence-corrected chi connectivity index (χ4v) is 6.04. The van der Waals surface area contributed by atoms with Crippen molar-refractivity contribution in [2.45, 2.75) is 20.8 Å². The van der Waals surface area contributed by atoms with Crippen LogP contribution < -0.4 is 5.73 Å². The summed E-state index contributed by atoms with van der Waals surface area (Å²) >= 11 is 0. The van der Waals surface area contributed by atoms with E-state index in [1.54, 1.807) is 6.20 Å². The van der Waals surface area contributed by atoms with Gasteiger partial charge >= 0.3 is 0 Å². The maximum absolute atomic E-state index is 5.84. The minimum Gasteiger partial charge on any atom is -0.405 e. The first kappa shape index (κ1) is 23.9. The standard InChI is InChI=1S/C34H28N6/c1-21-16-24(39-31(8-12-35)23(3)28-18-36-13-9-32(28)39)4-6-26(21)27-7-5-25(17-22(27)2)40-33-10-14-37-19-29(33)30-20-38-15-11-34(30)40/h4-20H,35H2,1-3H3/b12-8-. The van der Waals surface area contributed by atoms with Gasteiger partial charge in [0.05, 0.1) is 22.2 Å². The molecule has 40 heavy (non-hydrogen) atoms. The van der Waals surface area contributed by atoms with Crippen LogP contribution in [0.5, 0.6) is 0 Å². The zero-order valence-corrected chi connectivity index (χ0v) is 22.6. The van der Waals surface area contributed by atoms with Crippen LogP contribution in [-0.2, 0) is 0 Å². The van der Waals surface area contributed by atoms with Gasteiger partial charge in [0.2, 0.25) is 0 Å². The average Bonchev–Trinajstić information content (AvgIpc) is 3.46. The molecule has 5 aromatic heterocycles. The van der Waals surface area contributed by atoms with Gasteiger partial charge in [0.15, 0.2) is 0 Å². The maximum atomic E-state index is 5.84. The minimum absolute atomic E-state index is 1.06. The molecule has 0 amide bonds. The van der Waals surface area contributed by atoms with E-state index in [9.17, 15) is 0 Å². The molecule has 0 spiro atoms. The lowest BCUT2D eigenvalue weighted by atomic mass is 9.95. The Morgan fingerprint density at radius 2 is 1.07 bits per heavy atom. The molecule has 0 saturated heterocycles. The van der Waals surface area contributed by atoms with Gasteiger partial charge < -0.3 is 14.9 Å². The fourth-order valence-electron chi connectivity index (χ4n) is 6.04. The molecular weight excluding hydrogens is 492 g/mol. The van der Waals surface area contributed by atoms with Crippen LogP contribution in [0.2, 0.25) is 0 Å². The lowest BCUT2D eigenvalue weighted by molar-refractivity contribution is 1.09. The Morgan fingerprint density at radius 3 is 1.57 bits per heavy atom. The summed E-state index contributed by atoms with van der Waals surface area (Å²) in [6.07, 6.45) is 14.8. The Balaban J connectivity index is 1.34. The largest absolute Gasteiger partial charge is 0.405 e. The predicted octanol–water partition coefficient (Wildman–Crippen LogP) is 7.43. The Bertz CT molecular complexity index is 2060. The third-order valence-corrected chi connectivity index (χ3v) is 7.92. The second-order valence-electron chi connectivity index (χ2n) is 10.2. The summed E-state index contributed by atoms with van der Waals surface area (Å²) in [5.74, 6) is 0. The Labute approximate surface area is 232 Å². The van der Waals surface area contributed by atoms with Gasteiger partial charge in [0.1, 0.15) is 0 Å². The van der Waals surface area contributed by atoms with Crippen molar-refractivity contribution in [3.05, 3.63) is 120 Å². The number of pyridine rings is 3. The first-order valence-electron chi connectivity index (χ1n) is 13.3. The molecule has 7 rings (SSSR count). The molecule has 0 saturated carbocycles. The third kappa shape index (κ3) is 3.53. The molecule has 0 radical (unpaired) electrons. The van der Waals surface area contributed by atoms with Crippen molar-refractivity contribution in [2.24, 2.45) is 5.73 Å². The second-order valence-corrected chi connectivity index (χ2v) is 10.2. The van der Waals surface area contributed by atoms with E-state index in [0.29, 0.717) is 0 Å². The summed E-state index contributed by atoms with van der Waals surface area (Å²) in [5.41, 5.74) is 18.5. The zero-order chi connectivity index (χ0) is 27.4. The van der Waals surface area contributed by atoms with Crippen LogP contribution >= 0.6 is 0 Å². The van der Waals surface area contributed by atoms with Gasteiger partial charge in [-0.05, 0) is 103 Å². The minimum atomic E-state index is 1.06. The van der Waals surface area contributed by atoms with E-state index in [1.165, 1.54) is 22.3 Å². The summed E-state index contributed by atoms with van der Waals surface area (Å²) in [6, 6.07) is 19.6. The molecule has 5 heterocycles. The number of aryl methyl sites for hydroxylation is 3. The second kappa shape index (κ2) is 9.20. The van der Waals surface area contributed by atoms with Crippen molar-refractivity contribution < 1.29 is 0 Å². The molecule has 0 aliphatic rings. The van der Waals surface area contributed by atoms with Gasteiger partial charge in [-0.15, -0.1) is 0 Å². The van der Waals surface area contributed by atoms with Gasteiger partial charge in [0, 0.05) is 64.7 Å². The molecule has 2 N–H and O–H groups in total. The van der Waals surface area contributed by atoms with Crippen molar-refractivity contribution in [1.82, 2.24) is 24.1 Å². The van der Waals surface area contributed by atoms with Crippen molar-refractivity contribution >= 4 is 38.8 Å². The van der Waals surface area contributed by atoms with E-state index in [0.717, 1.165) is 55.3 Å². The number of hydrogen-bond donors (Lipinski definition) is 1. The Morgan fingerprint density at radius 1 is 0.600 bits per heavy atom. The highest BCUT2D eigenvalue weighted by molar-refractivity contribution is 6.08. The number of nitrogens with two attached hydrogens (primary N) is 1. The summed E-state index contributed by atoms with van der Waals surface area (Å²) in [5, 5.41) is 3.33. The van der Waals surface area contributed by atoms with E-state index in [2.05, 4.69) is 99.5 Å². The number of fused-ring (bicyclic) bond motifs is 4. The molecule has 2 aromatic carbocycles. The topological polar surface area (TPSA) is 74.6 Å². The molecular formula is C34H28N6. The molecule has 194 valence electrons. The lowest BCUT2D eigenvalue weighted by Crippen LogP contribution is -2.00. The molecule has 0 unspecified atom stereocenters. The SMILES string of the molecule is Cc1cc(-n2c(/C=C\N)c(C)c3cnccc32)ccc1-c1ccc(-n2c3ccncc3c3cnccc32)cc1C. The van der Waals surface area contributed by atoms with Crippen LogP contribution in [0.4, 0.5) is 0 Å². The number of nitrogens with zero attached hydrogens (tertiary/aromatic N) is 5. The van der Waals surface area contributed by atoms with E-state index < -0.39 is 0 Å². The molecule has 0 aliphatic heterocycles. The quantitative estimate of drug-likeness (QED) is 0.262. The van der Waals surface area contributed by atoms with Crippen molar-refractivity contribution in [1.29, 1.82) is 0 Å². The van der Waals surface area contributed by atoms with E-state index in [4.69, 9.17) is 5.73 Å². The highest BCUT2D eigenvalue weighted by Crippen LogP contribution is 2.35. The van der Waals surface area contributed by atoms with Crippen LogP contribution in [0.15, 0.2) is 98.0 Å². The molecule has 6 heteroatoms. The van der Waals surface area contributed by atoms with Crippen LogP contribution in [-0.4, -0.2) is 24.1 Å². The van der Waals surface area contributed by atoms with Crippen LogP contribution in [0.3, 0.4) is 0 Å². The van der Waals surface area contributed by atoms with Gasteiger partial charge in [-0.3, -0.25) is 15.0 Å². The average molecular weight is 521 g/mol.